The summed E-state index contributed by atoms with van der Waals surface area (Å²) in [6, 6.07) is 4.12. The maximum Gasteiger partial charge on any atom is 0.231 e. The molecular weight excluding hydrogens is 186 g/mol. The van der Waals surface area contributed by atoms with Gasteiger partial charge in [-0.15, -0.1) is 0 Å². The molecule has 1 heterocycles. The molecule has 0 saturated carbocycles. The van der Waals surface area contributed by atoms with Gasteiger partial charge in [0, 0.05) is 5.69 Å². The maximum absolute atomic E-state index is 11.4. The number of nitrogens with one attached hydrogen (secondary N) is 1. The minimum Gasteiger partial charge on any atom is -0.325 e. The Bertz CT molecular complexity index is 382. The summed E-state index contributed by atoms with van der Waals surface area (Å²) in [5, 5.41) is 2.92. The molecule has 1 N–H and O–H groups in total. The van der Waals surface area contributed by atoms with Crippen LogP contribution in [0.4, 0.5) is 5.69 Å². The molecule has 0 bridgehead atoms. The average Bonchev–Trinajstić information content (AvgIpc) is 2.54. The van der Waals surface area contributed by atoms with Crippen molar-refractivity contribution in [2.45, 2.75) is 40.5 Å². The van der Waals surface area contributed by atoms with Crippen LogP contribution in [0.1, 0.15) is 43.4 Å². The predicted octanol–water partition coefficient (Wildman–Crippen LogP) is 3.39. The minimum absolute atomic E-state index is 0.00917. The van der Waals surface area contributed by atoms with Gasteiger partial charge in [0.2, 0.25) is 5.91 Å². The van der Waals surface area contributed by atoms with E-state index in [9.17, 15) is 4.79 Å². The van der Waals surface area contributed by atoms with Crippen LogP contribution in [0.3, 0.4) is 0 Å². The Kier molecular flexibility index (Phi) is 3.51. The molecule has 2 heteroatoms. The van der Waals surface area contributed by atoms with E-state index in [1.807, 2.05) is 33.8 Å². The topological polar surface area (TPSA) is 29.1 Å². The van der Waals surface area contributed by atoms with Crippen molar-refractivity contribution in [3.8, 4) is 0 Å². The Balaban J connectivity index is 0.000000531. The van der Waals surface area contributed by atoms with E-state index >= 15 is 0 Å². The van der Waals surface area contributed by atoms with E-state index in [2.05, 4.69) is 18.3 Å². The smallest absolute Gasteiger partial charge is 0.231 e. The number of aryl methyl sites for hydroxylation is 2. The van der Waals surface area contributed by atoms with E-state index in [-0.39, 0.29) is 11.8 Å². The Morgan fingerprint density at radius 3 is 2.20 bits per heavy atom. The molecule has 1 aliphatic heterocycles. The van der Waals surface area contributed by atoms with Gasteiger partial charge < -0.3 is 5.32 Å². The second-order valence-electron chi connectivity index (χ2n) is 3.70. The minimum atomic E-state index is 0.00917. The molecule has 15 heavy (non-hydrogen) atoms. The first kappa shape index (κ1) is 11.8. The van der Waals surface area contributed by atoms with E-state index in [1.165, 1.54) is 11.1 Å². The molecular formula is C13H19NO. The Morgan fingerprint density at radius 2 is 1.67 bits per heavy atom. The molecule has 1 amide bonds. The van der Waals surface area contributed by atoms with Gasteiger partial charge in [-0.05, 0) is 37.5 Å². The number of carbonyl (C=O) groups excluding carboxylic acids is 1. The zero-order valence-electron chi connectivity index (χ0n) is 10.1. The summed E-state index contributed by atoms with van der Waals surface area (Å²) >= 11 is 0. The van der Waals surface area contributed by atoms with Crippen molar-refractivity contribution in [3.05, 3.63) is 28.8 Å². The van der Waals surface area contributed by atoms with Crippen molar-refractivity contribution in [2.24, 2.45) is 0 Å². The van der Waals surface area contributed by atoms with Crippen molar-refractivity contribution < 1.29 is 4.79 Å². The number of amides is 1. The first-order valence-corrected chi connectivity index (χ1v) is 5.52. The SMILES string of the molecule is CC.Cc1ccc(C)c2c1NC(=O)C2C. The molecule has 1 aromatic carbocycles. The highest BCUT2D eigenvalue weighted by molar-refractivity contribution is 6.03. The molecule has 0 aromatic heterocycles. The summed E-state index contributed by atoms with van der Waals surface area (Å²) in [5.74, 6) is 0.127. The van der Waals surface area contributed by atoms with Crippen LogP contribution < -0.4 is 5.32 Å². The number of benzene rings is 1. The summed E-state index contributed by atoms with van der Waals surface area (Å²) in [7, 11) is 0. The van der Waals surface area contributed by atoms with Crippen LogP contribution in [0.5, 0.6) is 0 Å². The fourth-order valence-corrected chi connectivity index (χ4v) is 1.92. The van der Waals surface area contributed by atoms with Crippen molar-refractivity contribution in [1.29, 1.82) is 0 Å². The Labute approximate surface area is 91.7 Å². The highest BCUT2D eigenvalue weighted by Crippen LogP contribution is 2.36. The Hall–Kier alpha value is -1.31. The van der Waals surface area contributed by atoms with Gasteiger partial charge in [-0.2, -0.15) is 0 Å². The monoisotopic (exact) mass is 205 g/mol. The molecule has 2 rings (SSSR count). The molecule has 0 aliphatic carbocycles. The van der Waals surface area contributed by atoms with Crippen LogP contribution in [-0.4, -0.2) is 5.91 Å². The van der Waals surface area contributed by atoms with Crippen molar-refractivity contribution >= 4 is 11.6 Å². The number of hydrogen-bond donors (Lipinski definition) is 1. The molecule has 82 valence electrons. The van der Waals surface area contributed by atoms with Crippen LogP contribution in [0.25, 0.3) is 0 Å². The first-order valence-electron chi connectivity index (χ1n) is 5.52. The molecule has 0 spiro atoms. The fourth-order valence-electron chi connectivity index (χ4n) is 1.92. The van der Waals surface area contributed by atoms with E-state index < -0.39 is 0 Å². The van der Waals surface area contributed by atoms with Crippen LogP contribution in [-0.2, 0) is 4.79 Å². The van der Waals surface area contributed by atoms with Crippen molar-refractivity contribution in [2.75, 3.05) is 5.32 Å². The van der Waals surface area contributed by atoms with Crippen molar-refractivity contribution in [1.82, 2.24) is 0 Å². The summed E-state index contributed by atoms with van der Waals surface area (Å²) in [4.78, 5) is 11.4. The summed E-state index contributed by atoms with van der Waals surface area (Å²) in [6.45, 7) is 10.0. The molecule has 0 saturated heterocycles. The van der Waals surface area contributed by atoms with Gasteiger partial charge in [-0.25, -0.2) is 0 Å². The first-order chi connectivity index (χ1) is 7.11. The van der Waals surface area contributed by atoms with E-state index in [1.54, 1.807) is 0 Å². The van der Waals surface area contributed by atoms with E-state index in [0.29, 0.717) is 0 Å². The van der Waals surface area contributed by atoms with E-state index in [4.69, 9.17) is 0 Å². The maximum atomic E-state index is 11.4. The zero-order chi connectivity index (χ0) is 11.6. The van der Waals surface area contributed by atoms with Gasteiger partial charge in [-0.3, -0.25) is 4.79 Å². The number of carbonyl (C=O) groups is 1. The predicted molar refractivity (Wildman–Crippen MR) is 64.3 cm³/mol. The molecule has 2 nitrogen and oxygen atoms in total. The third-order valence-electron chi connectivity index (χ3n) is 2.75. The lowest BCUT2D eigenvalue weighted by atomic mass is 9.96. The zero-order valence-corrected chi connectivity index (χ0v) is 10.1. The van der Waals surface area contributed by atoms with Crippen molar-refractivity contribution in [3.63, 3.8) is 0 Å². The van der Waals surface area contributed by atoms with E-state index in [0.717, 1.165) is 11.3 Å². The highest BCUT2D eigenvalue weighted by atomic mass is 16.2. The molecule has 1 aliphatic rings. The van der Waals surface area contributed by atoms with Gasteiger partial charge in [-0.1, -0.05) is 26.0 Å². The standard InChI is InChI=1S/C11H13NO.C2H6/c1-6-4-5-7(2)10-9(6)8(3)11(13)12-10;1-2/h4-5,8H,1-3H3,(H,12,13);1-2H3. The molecule has 0 radical (unpaired) electrons. The average molecular weight is 205 g/mol. The number of rotatable bonds is 0. The van der Waals surface area contributed by atoms with Gasteiger partial charge >= 0.3 is 0 Å². The normalized spacial score (nSPS) is 17.7. The highest BCUT2D eigenvalue weighted by Gasteiger charge is 2.28. The fraction of sp³-hybridized carbons (Fsp3) is 0.462. The van der Waals surface area contributed by atoms with Crippen LogP contribution in [0.15, 0.2) is 12.1 Å². The molecule has 1 unspecified atom stereocenters. The second kappa shape index (κ2) is 4.47. The summed E-state index contributed by atoms with van der Waals surface area (Å²) in [6.07, 6.45) is 0. The van der Waals surface area contributed by atoms with Crippen LogP contribution in [0, 0.1) is 13.8 Å². The number of hydrogen-bond acceptors (Lipinski definition) is 1. The van der Waals surface area contributed by atoms with Crippen LogP contribution in [0.2, 0.25) is 0 Å². The molecule has 1 atom stereocenters. The quantitative estimate of drug-likeness (QED) is 0.691. The van der Waals surface area contributed by atoms with Crippen LogP contribution >= 0.6 is 0 Å². The summed E-state index contributed by atoms with van der Waals surface area (Å²) < 4.78 is 0. The number of anilines is 1. The van der Waals surface area contributed by atoms with Gasteiger partial charge in [0.05, 0.1) is 5.92 Å². The lowest BCUT2D eigenvalue weighted by Crippen LogP contribution is -2.08. The second-order valence-corrected chi connectivity index (χ2v) is 3.70. The molecule has 0 fully saturated rings. The molecule has 1 aromatic rings. The van der Waals surface area contributed by atoms with Gasteiger partial charge in [0.1, 0.15) is 0 Å². The third kappa shape index (κ3) is 1.89. The van der Waals surface area contributed by atoms with Gasteiger partial charge in [0.15, 0.2) is 0 Å². The third-order valence-corrected chi connectivity index (χ3v) is 2.75. The lowest BCUT2D eigenvalue weighted by Gasteiger charge is -2.07. The largest absolute Gasteiger partial charge is 0.325 e. The lowest BCUT2D eigenvalue weighted by molar-refractivity contribution is -0.116. The Morgan fingerprint density at radius 1 is 1.13 bits per heavy atom. The number of fused-ring (bicyclic) bond motifs is 1. The summed E-state index contributed by atoms with van der Waals surface area (Å²) in [5.41, 5.74) is 4.55. The van der Waals surface area contributed by atoms with Gasteiger partial charge in [0.25, 0.3) is 0 Å².